The fraction of sp³-hybridized carbons (Fsp3) is 0.400. The molecule has 0 saturated carbocycles. The number of hydrogen-bond donors (Lipinski definition) is 0. The molecule has 3 rings (SSSR count). The Labute approximate surface area is 154 Å². The average Bonchev–Trinajstić information content (AvgIpc) is 2.74. The molecule has 0 N–H and O–H groups in total. The van der Waals surface area contributed by atoms with Crippen LogP contribution in [-0.2, 0) is 16.1 Å². The number of halogens is 1. The molecule has 1 aromatic rings. The molecule has 2 aliphatic rings. The Morgan fingerprint density at radius 2 is 2.05 bits per heavy atom. The first kappa shape index (κ1) is 17.8. The van der Waals surface area contributed by atoms with Crippen molar-refractivity contribution in [2.75, 3.05) is 0 Å². The third-order valence-electron chi connectivity index (χ3n) is 3.71. The Bertz CT molecular complexity index is 608. The normalized spacial score (nSPS) is 25.1. The zero-order valence-corrected chi connectivity index (χ0v) is 15.1. The molecular weight excluding hydrogens is 361 g/mol. The van der Waals surface area contributed by atoms with Gasteiger partial charge in [-0.05, 0) is 25.3 Å². The van der Waals surface area contributed by atoms with E-state index in [1.807, 2.05) is 44.2 Å². The number of esters is 1. The van der Waals surface area contributed by atoms with Gasteiger partial charge in [0.05, 0.1) is 0 Å². The predicted molar refractivity (Wildman–Crippen MR) is 83.3 cm³/mol. The van der Waals surface area contributed by atoms with E-state index >= 15 is 0 Å². The van der Waals surface area contributed by atoms with E-state index in [0.29, 0.717) is 4.48 Å². The van der Waals surface area contributed by atoms with Crippen LogP contribution in [0.1, 0.15) is 19.4 Å². The molecule has 1 aromatic carbocycles. The summed E-state index contributed by atoms with van der Waals surface area (Å²) in [5, 5.41) is 11.9. The summed E-state index contributed by atoms with van der Waals surface area (Å²) in [5.41, 5.74) is 0.938. The van der Waals surface area contributed by atoms with Crippen LogP contribution in [0.25, 0.3) is 0 Å². The fourth-order valence-corrected chi connectivity index (χ4v) is 4.80. The molecule has 0 radical (unpaired) electrons. The minimum atomic E-state index is -0.537. The van der Waals surface area contributed by atoms with E-state index in [1.165, 1.54) is 0 Å². The van der Waals surface area contributed by atoms with Crippen molar-refractivity contribution in [3.63, 3.8) is 0 Å². The van der Waals surface area contributed by atoms with Crippen molar-refractivity contribution in [3.8, 4) is 0 Å². The maximum atomic E-state index is 12.4. The first-order valence-corrected chi connectivity index (χ1v) is 8.32. The molecule has 4 nitrogen and oxygen atoms in total. The van der Waals surface area contributed by atoms with Crippen molar-refractivity contribution in [1.29, 1.82) is 0 Å². The summed E-state index contributed by atoms with van der Waals surface area (Å²) in [5.74, 6) is -0.452. The SMILES string of the molecule is CC1(C)SC2C(Br)=C([O-])N2[C@H]1C(=O)OCc1ccccc1.[Li+]. The third-order valence-corrected chi connectivity index (χ3v) is 6.30. The Kier molecular flexibility index (Phi) is 5.28. The number of rotatable bonds is 3. The topological polar surface area (TPSA) is 52.6 Å². The molecule has 2 atom stereocenters. The minimum Gasteiger partial charge on any atom is -0.860 e. The molecule has 0 amide bonds. The summed E-state index contributed by atoms with van der Waals surface area (Å²) in [4.78, 5) is 14.0. The van der Waals surface area contributed by atoms with Crippen LogP contribution in [0.3, 0.4) is 0 Å². The van der Waals surface area contributed by atoms with E-state index in [0.717, 1.165) is 5.56 Å². The molecule has 7 heteroatoms. The molecular formula is C15H15BrLiNO3S. The summed E-state index contributed by atoms with van der Waals surface area (Å²) >= 11 is 4.90. The van der Waals surface area contributed by atoms with Gasteiger partial charge in [-0.25, -0.2) is 4.79 Å². The van der Waals surface area contributed by atoms with Gasteiger partial charge in [0.2, 0.25) is 0 Å². The van der Waals surface area contributed by atoms with Gasteiger partial charge in [0.15, 0.2) is 0 Å². The van der Waals surface area contributed by atoms with Gasteiger partial charge in [0, 0.05) is 9.23 Å². The van der Waals surface area contributed by atoms with Crippen LogP contribution in [0.4, 0.5) is 0 Å². The monoisotopic (exact) mass is 375 g/mol. The number of carbonyl (C=O) groups is 1. The largest absolute Gasteiger partial charge is 1.00 e. The maximum absolute atomic E-state index is 12.4. The smallest absolute Gasteiger partial charge is 0.860 e. The Balaban J connectivity index is 0.00000176. The minimum absolute atomic E-state index is 0. The standard InChI is InChI=1S/C15H16BrNO3S.Li/c1-15(2)11(17-12(18)10(16)13(17)21-15)14(19)20-8-9-6-4-3-5-7-9;/h3-7,11,13,18H,8H2,1-2H3;/q;+1/p-1/t11-,13?;/m0./s1. The van der Waals surface area contributed by atoms with E-state index in [-0.39, 0.29) is 47.4 Å². The van der Waals surface area contributed by atoms with Crippen molar-refractivity contribution in [2.24, 2.45) is 0 Å². The predicted octanol–water partition coefficient (Wildman–Crippen LogP) is -0.806. The molecule has 22 heavy (non-hydrogen) atoms. The van der Waals surface area contributed by atoms with Crippen molar-refractivity contribution in [1.82, 2.24) is 4.90 Å². The van der Waals surface area contributed by atoms with Gasteiger partial charge < -0.3 is 14.7 Å². The first-order chi connectivity index (χ1) is 9.92. The summed E-state index contributed by atoms with van der Waals surface area (Å²) < 4.78 is 5.69. The zero-order valence-electron chi connectivity index (χ0n) is 12.7. The molecule has 1 fully saturated rings. The molecule has 112 valence electrons. The quantitative estimate of drug-likeness (QED) is 0.511. The van der Waals surface area contributed by atoms with E-state index in [9.17, 15) is 9.90 Å². The second-order valence-corrected chi connectivity index (χ2v) is 8.22. The second kappa shape index (κ2) is 6.52. The van der Waals surface area contributed by atoms with E-state index < -0.39 is 6.04 Å². The van der Waals surface area contributed by atoms with Crippen LogP contribution in [0.15, 0.2) is 40.7 Å². The van der Waals surface area contributed by atoms with E-state index in [1.54, 1.807) is 16.7 Å². The number of thioether (sulfide) groups is 1. The molecule has 0 aromatic heterocycles. The van der Waals surface area contributed by atoms with E-state index in [2.05, 4.69) is 15.9 Å². The number of carbonyl (C=O) groups excluding carboxylic acids is 1. The molecule has 1 unspecified atom stereocenters. The summed E-state index contributed by atoms with van der Waals surface area (Å²) in [6.07, 6.45) is 0. The summed E-state index contributed by atoms with van der Waals surface area (Å²) in [6, 6.07) is 9.00. The van der Waals surface area contributed by atoms with Crippen molar-refractivity contribution >= 4 is 33.7 Å². The molecule has 2 heterocycles. The van der Waals surface area contributed by atoms with Crippen LogP contribution in [-0.4, -0.2) is 27.0 Å². The Morgan fingerprint density at radius 1 is 1.41 bits per heavy atom. The van der Waals surface area contributed by atoms with Gasteiger partial charge >= 0.3 is 24.8 Å². The molecule has 0 bridgehead atoms. The van der Waals surface area contributed by atoms with Gasteiger partial charge in [-0.1, -0.05) is 46.3 Å². The fourth-order valence-electron chi connectivity index (χ4n) is 2.64. The number of nitrogens with zero attached hydrogens (tertiary/aromatic N) is 1. The van der Waals surface area contributed by atoms with Crippen molar-refractivity contribution in [3.05, 3.63) is 46.3 Å². The van der Waals surface area contributed by atoms with Gasteiger partial charge in [-0.2, -0.15) is 0 Å². The maximum Gasteiger partial charge on any atom is 1.00 e. The van der Waals surface area contributed by atoms with Gasteiger partial charge in [-0.15, -0.1) is 11.8 Å². The van der Waals surface area contributed by atoms with Crippen molar-refractivity contribution in [2.45, 2.75) is 36.6 Å². The summed E-state index contributed by atoms with van der Waals surface area (Å²) in [6.45, 7) is 4.17. The first-order valence-electron chi connectivity index (χ1n) is 6.65. The third kappa shape index (κ3) is 2.94. The molecule has 0 spiro atoms. The molecule has 1 saturated heterocycles. The molecule has 2 aliphatic heterocycles. The Morgan fingerprint density at radius 3 is 2.68 bits per heavy atom. The van der Waals surface area contributed by atoms with E-state index in [4.69, 9.17) is 4.74 Å². The van der Waals surface area contributed by atoms with Gasteiger partial charge in [0.1, 0.15) is 18.0 Å². The average molecular weight is 376 g/mol. The zero-order chi connectivity index (χ0) is 15.2. The second-order valence-electron chi connectivity index (χ2n) is 5.63. The number of ether oxygens (including phenoxy) is 1. The van der Waals surface area contributed by atoms with Crippen LogP contribution in [0.5, 0.6) is 0 Å². The molecule has 0 aliphatic carbocycles. The number of benzene rings is 1. The van der Waals surface area contributed by atoms with Crippen LogP contribution >= 0.6 is 27.7 Å². The van der Waals surface area contributed by atoms with Gasteiger partial charge in [0.25, 0.3) is 0 Å². The van der Waals surface area contributed by atoms with Crippen LogP contribution < -0.4 is 24.0 Å². The van der Waals surface area contributed by atoms with Crippen LogP contribution in [0.2, 0.25) is 0 Å². The van der Waals surface area contributed by atoms with Gasteiger partial charge in [-0.3, -0.25) is 0 Å². The number of hydrogen-bond acceptors (Lipinski definition) is 5. The Hall–Kier alpha value is -0.543. The van der Waals surface area contributed by atoms with Crippen LogP contribution in [0, 0.1) is 0 Å². The summed E-state index contributed by atoms with van der Waals surface area (Å²) in [7, 11) is 0. The van der Waals surface area contributed by atoms with Crippen molar-refractivity contribution < 1.29 is 33.5 Å². The number of fused-ring (bicyclic) bond motifs is 1.